The Morgan fingerprint density at radius 2 is 1.55 bits per heavy atom. The van der Waals surface area contributed by atoms with E-state index in [1.54, 1.807) is 23.1 Å². The summed E-state index contributed by atoms with van der Waals surface area (Å²) in [6, 6.07) is 23.8. The van der Waals surface area contributed by atoms with Crippen LogP contribution >= 0.6 is 0 Å². The van der Waals surface area contributed by atoms with Crippen molar-refractivity contribution in [1.82, 2.24) is 10.2 Å². The predicted molar refractivity (Wildman–Crippen MR) is 159 cm³/mol. The largest absolute Gasteiger partial charge is 0.352 e. The van der Waals surface area contributed by atoms with E-state index in [4.69, 9.17) is 0 Å². The molecule has 1 aliphatic rings. The van der Waals surface area contributed by atoms with Crippen molar-refractivity contribution < 1.29 is 18.0 Å². The van der Waals surface area contributed by atoms with Gasteiger partial charge in [-0.15, -0.1) is 0 Å². The van der Waals surface area contributed by atoms with Crippen molar-refractivity contribution in [2.45, 2.75) is 64.6 Å². The van der Waals surface area contributed by atoms with Crippen LogP contribution in [0.5, 0.6) is 0 Å². The Balaban J connectivity index is 1.72. The SMILES string of the molecule is Cc1ccc(CN(C(=O)CN(c2cccc(C)c2)S(C)(=O)=O)C(Cc2ccccc2)C(=O)NC2CCCC2)cc1. The van der Waals surface area contributed by atoms with E-state index in [1.165, 1.54) is 0 Å². The molecule has 3 aromatic carbocycles. The van der Waals surface area contributed by atoms with Crippen LogP contribution in [0.2, 0.25) is 0 Å². The minimum Gasteiger partial charge on any atom is -0.352 e. The average molecular weight is 562 g/mol. The fraction of sp³-hybridized carbons (Fsp3) is 0.375. The van der Waals surface area contributed by atoms with Crippen LogP contribution in [0.15, 0.2) is 78.9 Å². The highest BCUT2D eigenvalue weighted by Gasteiger charge is 2.34. The molecule has 0 aromatic heterocycles. The molecule has 4 rings (SSSR count). The Labute approximate surface area is 238 Å². The fourth-order valence-corrected chi connectivity index (χ4v) is 6.05. The maximum absolute atomic E-state index is 14.1. The molecule has 0 saturated heterocycles. The first-order valence-electron chi connectivity index (χ1n) is 13.8. The van der Waals surface area contributed by atoms with Gasteiger partial charge in [0.25, 0.3) is 0 Å². The van der Waals surface area contributed by atoms with E-state index in [2.05, 4.69) is 5.32 Å². The lowest BCUT2D eigenvalue weighted by Gasteiger charge is -2.34. The summed E-state index contributed by atoms with van der Waals surface area (Å²) in [6.07, 6.45) is 5.40. The monoisotopic (exact) mass is 561 g/mol. The Bertz CT molecular complexity index is 1400. The Hall–Kier alpha value is -3.65. The number of sulfonamides is 1. The smallest absolute Gasteiger partial charge is 0.244 e. The molecule has 0 heterocycles. The Kier molecular flexibility index (Phi) is 9.63. The van der Waals surface area contributed by atoms with Gasteiger partial charge in [0.1, 0.15) is 12.6 Å². The third-order valence-corrected chi connectivity index (χ3v) is 8.56. The second kappa shape index (κ2) is 13.1. The zero-order valence-corrected chi connectivity index (χ0v) is 24.4. The van der Waals surface area contributed by atoms with Crippen LogP contribution in [0.4, 0.5) is 5.69 Å². The van der Waals surface area contributed by atoms with E-state index in [1.807, 2.05) is 74.5 Å². The topological polar surface area (TPSA) is 86.8 Å². The summed E-state index contributed by atoms with van der Waals surface area (Å²) in [5.74, 6) is -0.646. The number of benzene rings is 3. The molecular formula is C32H39N3O4S. The summed E-state index contributed by atoms with van der Waals surface area (Å²) in [4.78, 5) is 29.5. The first-order chi connectivity index (χ1) is 19.1. The molecular weight excluding hydrogens is 522 g/mol. The predicted octanol–water partition coefficient (Wildman–Crippen LogP) is 4.77. The van der Waals surface area contributed by atoms with Gasteiger partial charge in [0, 0.05) is 19.0 Å². The van der Waals surface area contributed by atoms with Crippen molar-refractivity contribution in [2.75, 3.05) is 17.1 Å². The normalized spacial score (nSPS) is 14.5. The molecule has 1 N–H and O–H groups in total. The van der Waals surface area contributed by atoms with Gasteiger partial charge in [-0.05, 0) is 55.5 Å². The lowest BCUT2D eigenvalue weighted by molar-refractivity contribution is -0.140. The highest BCUT2D eigenvalue weighted by molar-refractivity contribution is 7.92. The summed E-state index contributed by atoms with van der Waals surface area (Å²) < 4.78 is 26.9. The number of carbonyl (C=O) groups excluding carboxylic acids is 2. The summed E-state index contributed by atoms with van der Waals surface area (Å²) >= 11 is 0. The molecule has 1 atom stereocenters. The van der Waals surface area contributed by atoms with Crippen LogP contribution in [0.1, 0.15) is 47.9 Å². The molecule has 40 heavy (non-hydrogen) atoms. The number of amides is 2. The standard InChI is InChI=1S/C32H39N3O4S/c1-24-16-18-27(19-17-24)22-34(31(36)23-35(40(3,38)39)29-15-9-10-25(2)20-29)30(21-26-11-5-4-6-12-26)32(37)33-28-13-7-8-14-28/h4-6,9-12,15-20,28,30H,7-8,13-14,21-23H2,1-3H3,(H,33,37). The van der Waals surface area contributed by atoms with E-state index < -0.39 is 28.5 Å². The minimum absolute atomic E-state index is 0.0851. The number of carbonyl (C=O) groups is 2. The molecule has 1 fully saturated rings. The number of nitrogens with one attached hydrogen (secondary N) is 1. The van der Waals surface area contributed by atoms with Gasteiger partial charge in [0.05, 0.1) is 11.9 Å². The Morgan fingerprint density at radius 1 is 0.875 bits per heavy atom. The number of rotatable bonds is 11. The van der Waals surface area contributed by atoms with Crippen molar-refractivity contribution in [3.63, 3.8) is 0 Å². The molecule has 212 valence electrons. The number of aryl methyl sites for hydroxylation is 2. The lowest BCUT2D eigenvalue weighted by atomic mass is 10.0. The number of anilines is 1. The molecule has 0 aliphatic heterocycles. The van der Waals surface area contributed by atoms with Crippen LogP contribution < -0.4 is 9.62 Å². The van der Waals surface area contributed by atoms with Crippen molar-refractivity contribution in [1.29, 1.82) is 0 Å². The summed E-state index contributed by atoms with van der Waals surface area (Å²) in [6.45, 7) is 3.64. The van der Waals surface area contributed by atoms with Gasteiger partial charge >= 0.3 is 0 Å². The quantitative estimate of drug-likeness (QED) is 0.366. The molecule has 2 amide bonds. The van der Waals surface area contributed by atoms with Crippen molar-refractivity contribution >= 4 is 27.5 Å². The van der Waals surface area contributed by atoms with E-state index in [9.17, 15) is 18.0 Å². The van der Waals surface area contributed by atoms with E-state index in [0.717, 1.165) is 58.5 Å². The second-order valence-electron chi connectivity index (χ2n) is 10.8. The van der Waals surface area contributed by atoms with Gasteiger partial charge in [-0.25, -0.2) is 8.42 Å². The van der Waals surface area contributed by atoms with Crippen molar-refractivity contribution in [2.24, 2.45) is 0 Å². The number of hydrogen-bond acceptors (Lipinski definition) is 4. The highest BCUT2D eigenvalue weighted by Crippen LogP contribution is 2.23. The first-order valence-corrected chi connectivity index (χ1v) is 15.7. The zero-order chi connectivity index (χ0) is 28.7. The van der Waals surface area contributed by atoms with Gasteiger partial charge in [-0.2, -0.15) is 0 Å². The van der Waals surface area contributed by atoms with E-state index in [-0.39, 0.29) is 18.5 Å². The number of nitrogens with zero attached hydrogens (tertiary/aromatic N) is 2. The molecule has 0 radical (unpaired) electrons. The highest BCUT2D eigenvalue weighted by atomic mass is 32.2. The van der Waals surface area contributed by atoms with Gasteiger partial charge in [-0.1, -0.05) is 85.1 Å². The zero-order valence-electron chi connectivity index (χ0n) is 23.5. The summed E-state index contributed by atoms with van der Waals surface area (Å²) in [5.41, 5.74) is 4.18. The molecule has 1 unspecified atom stereocenters. The van der Waals surface area contributed by atoms with Gasteiger partial charge in [0.15, 0.2) is 0 Å². The molecule has 1 aliphatic carbocycles. The van der Waals surface area contributed by atoms with Crippen LogP contribution in [0.3, 0.4) is 0 Å². The van der Waals surface area contributed by atoms with Crippen LogP contribution in [0, 0.1) is 13.8 Å². The summed E-state index contributed by atoms with van der Waals surface area (Å²) in [7, 11) is -3.78. The van der Waals surface area contributed by atoms with Gasteiger partial charge < -0.3 is 10.2 Å². The van der Waals surface area contributed by atoms with Crippen LogP contribution in [-0.2, 0) is 32.6 Å². The van der Waals surface area contributed by atoms with Crippen molar-refractivity contribution in [3.8, 4) is 0 Å². The minimum atomic E-state index is -3.78. The fourth-order valence-electron chi connectivity index (χ4n) is 5.21. The van der Waals surface area contributed by atoms with E-state index in [0.29, 0.717) is 12.1 Å². The number of hydrogen-bond donors (Lipinski definition) is 1. The van der Waals surface area contributed by atoms with Gasteiger partial charge in [-0.3, -0.25) is 13.9 Å². The third kappa shape index (κ3) is 7.94. The summed E-state index contributed by atoms with van der Waals surface area (Å²) in [5, 5.41) is 3.19. The molecule has 3 aromatic rings. The molecule has 1 saturated carbocycles. The van der Waals surface area contributed by atoms with E-state index >= 15 is 0 Å². The van der Waals surface area contributed by atoms with Crippen molar-refractivity contribution in [3.05, 3.63) is 101 Å². The van der Waals surface area contributed by atoms with Crippen LogP contribution in [-0.4, -0.2) is 50.0 Å². The average Bonchev–Trinajstić information content (AvgIpc) is 3.43. The van der Waals surface area contributed by atoms with Gasteiger partial charge in [0.2, 0.25) is 21.8 Å². The second-order valence-corrected chi connectivity index (χ2v) is 12.7. The van der Waals surface area contributed by atoms with Crippen LogP contribution in [0.25, 0.3) is 0 Å². The molecule has 7 nitrogen and oxygen atoms in total. The molecule has 0 bridgehead atoms. The maximum Gasteiger partial charge on any atom is 0.244 e. The first kappa shape index (κ1) is 29.3. The molecule has 0 spiro atoms. The third-order valence-electron chi connectivity index (χ3n) is 7.42. The lowest BCUT2D eigenvalue weighted by Crippen LogP contribution is -2.54. The maximum atomic E-state index is 14.1. The Morgan fingerprint density at radius 3 is 2.17 bits per heavy atom. The molecule has 8 heteroatoms.